The SMILES string of the molecule is CCS(=O)(=O)c1cccc(C(=O)Cl)c1. The number of rotatable bonds is 3. The Morgan fingerprint density at radius 3 is 2.57 bits per heavy atom. The summed E-state index contributed by atoms with van der Waals surface area (Å²) in [6.45, 7) is 1.55. The van der Waals surface area contributed by atoms with Gasteiger partial charge in [-0.1, -0.05) is 19.1 Å². The van der Waals surface area contributed by atoms with E-state index < -0.39 is 15.1 Å². The highest BCUT2D eigenvalue weighted by atomic mass is 35.5. The van der Waals surface area contributed by atoms with Crippen LogP contribution in [0.2, 0.25) is 0 Å². The van der Waals surface area contributed by atoms with Gasteiger partial charge in [-0.25, -0.2) is 8.42 Å². The average Bonchev–Trinajstić information content (AvgIpc) is 2.18. The molecule has 0 saturated carbocycles. The maximum atomic E-state index is 11.4. The molecule has 3 nitrogen and oxygen atoms in total. The predicted octanol–water partition coefficient (Wildman–Crippen LogP) is 1.86. The molecule has 0 aromatic heterocycles. The number of sulfone groups is 1. The summed E-state index contributed by atoms with van der Waals surface area (Å²) in [5, 5.41) is -0.654. The third-order valence-electron chi connectivity index (χ3n) is 1.80. The maximum absolute atomic E-state index is 11.4. The first kappa shape index (κ1) is 11.2. The Morgan fingerprint density at radius 2 is 2.07 bits per heavy atom. The molecule has 0 unspecified atom stereocenters. The molecule has 5 heteroatoms. The lowest BCUT2D eigenvalue weighted by molar-refractivity contribution is 0.108. The fourth-order valence-electron chi connectivity index (χ4n) is 0.978. The number of carbonyl (C=O) groups is 1. The van der Waals surface area contributed by atoms with Gasteiger partial charge in [0.2, 0.25) is 0 Å². The van der Waals surface area contributed by atoms with Gasteiger partial charge in [-0.15, -0.1) is 0 Å². The van der Waals surface area contributed by atoms with Crippen LogP contribution >= 0.6 is 11.6 Å². The summed E-state index contributed by atoms with van der Waals surface area (Å²) in [6, 6.07) is 5.71. The third kappa shape index (κ3) is 2.33. The molecule has 1 aromatic rings. The van der Waals surface area contributed by atoms with Crippen LogP contribution in [-0.2, 0) is 9.84 Å². The maximum Gasteiger partial charge on any atom is 0.252 e. The second kappa shape index (κ2) is 4.11. The van der Waals surface area contributed by atoms with E-state index in [1.54, 1.807) is 6.92 Å². The van der Waals surface area contributed by atoms with Gasteiger partial charge in [0.15, 0.2) is 9.84 Å². The van der Waals surface area contributed by atoms with Crippen LogP contribution in [0.3, 0.4) is 0 Å². The molecule has 1 aromatic carbocycles. The fraction of sp³-hybridized carbons (Fsp3) is 0.222. The monoisotopic (exact) mass is 232 g/mol. The van der Waals surface area contributed by atoms with Crippen molar-refractivity contribution in [1.82, 2.24) is 0 Å². The lowest BCUT2D eigenvalue weighted by Gasteiger charge is -2.01. The van der Waals surface area contributed by atoms with E-state index in [9.17, 15) is 13.2 Å². The first-order valence-corrected chi connectivity index (χ1v) is 6.03. The minimum Gasteiger partial charge on any atom is -0.276 e. The van der Waals surface area contributed by atoms with E-state index >= 15 is 0 Å². The van der Waals surface area contributed by atoms with E-state index in [1.807, 2.05) is 0 Å². The first-order chi connectivity index (χ1) is 6.47. The van der Waals surface area contributed by atoms with E-state index in [0.29, 0.717) is 0 Å². The van der Waals surface area contributed by atoms with E-state index in [2.05, 4.69) is 0 Å². The quantitative estimate of drug-likeness (QED) is 0.748. The zero-order valence-corrected chi connectivity index (χ0v) is 9.10. The third-order valence-corrected chi connectivity index (χ3v) is 3.75. The van der Waals surface area contributed by atoms with Crippen molar-refractivity contribution in [2.24, 2.45) is 0 Å². The van der Waals surface area contributed by atoms with Gasteiger partial charge in [0, 0.05) is 5.56 Å². The predicted molar refractivity (Wildman–Crippen MR) is 54.4 cm³/mol. The molecule has 0 aliphatic heterocycles. The van der Waals surface area contributed by atoms with Crippen molar-refractivity contribution >= 4 is 26.7 Å². The van der Waals surface area contributed by atoms with Gasteiger partial charge in [0.1, 0.15) is 0 Å². The molecule has 0 saturated heterocycles. The molecule has 0 bridgehead atoms. The lowest BCUT2D eigenvalue weighted by atomic mass is 10.2. The molecule has 76 valence electrons. The van der Waals surface area contributed by atoms with Gasteiger partial charge in [0.05, 0.1) is 10.6 Å². The number of hydrogen-bond donors (Lipinski definition) is 0. The molecular weight excluding hydrogens is 224 g/mol. The molecule has 0 amide bonds. The molecule has 14 heavy (non-hydrogen) atoms. The van der Waals surface area contributed by atoms with Crippen LogP contribution in [0.4, 0.5) is 0 Å². The van der Waals surface area contributed by atoms with Crippen molar-refractivity contribution in [2.45, 2.75) is 11.8 Å². The molecule has 0 atom stereocenters. The van der Waals surface area contributed by atoms with Crippen LogP contribution in [0.25, 0.3) is 0 Å². The molecular formula is C9H9ClO3S. The number of halogens is 1. The Labute approximate surface area is 87.6 Å². The number of hydrogen-bond acceptors (Lipinski definition) is 3. The molecule has 0 aliphatic carbocycles. The summed E-state index contributed by atoms with van der Waals surface area (Å²) in [7, 11) is -3.27. The van der Waals surface area contributed by atoms with E-state index in [4.69, 9.17) is 11.6 Å². The molecule has 0 radical (unpaired) electrons. The highest BCUT2D eigenvalue weighted by Gasteiger charge is 2.12. The summed E-state index contributed by atoms with van der Waals surface area (Å²) in [5.41, 5.74) is 0.196. The minimum atomic E-state index is -3.27. The van der Waals surface area contributed by atoms with Crippen LogP contribution < -0.4 is 0 Å². The molecule has 0 spiro atoms. The van der Waals surface area contributed by atoms with Crippen molar-refractivity contribution in [3.63, 3.8) is 0 Å². The highest BCUT2D eigenvalue weighted by Crippen LogP contribution is 2.14. The van der Waals surface area contributed by atoms with Crippen molar-refractivity contribution in [3.8, 4) is 0 Å². The van der Waals surface area contributed by atoms with Gasteiger partial charge >= 0.3 is 0 Å². The van der Waals surface area contributed by atoms with Crippen LogP contribution in [0.15, 0.2) is 29.2 Å². The molecule has 1 rings (SSSR count). The summed E-state index contributed by atoms with van der Waals surface area (Å²) in [5.74, 6) is 0.00687. The topological polar surface area (TPSA) is 51.2 Å². The highest BCUT2D eigenvalue weighted by molar-refractivity contribution is 7.91. The molecule has 0 N–H and O–H groups in total. The molecule has 0 aliphatic rings. The van der Waals surface area contributed by atoms with Gasteiger partial charge in [-0.2, -0.15) is 0 Å². The van der Waals surface area contributed by atoms with Crippen LogP contribution in [0, 0.1) is 0 Å². The van der Waals surface area contributed by atoms with Gasteiger partial charge in [-0.05, 0) is 23.7 Å². The summed E-state index contributed by atoms with van der Waals surface area (Å²) in [6.07, 6.45) is 0. The first-order valence-electron chi connectivity index (χ1n) is 4.00. The lowest BCUT2D eigenvalue weighted by Crippen LogP contribution is -2.04. The second-order valence-electron chi connectivity index (χ2n) is 2.70. The minimum absolute atomic E-state index is 0.00687. The zero-order valence-electron chi connectivity index (χ0n) is 7.53. The summed E-state index contributed by atoms with van der Waals surface area (Å²) in [4.78, 5) is 10.9. The van der Waals surface area contributed by atoms with Crippen LogP contribution in [0.5, 0.6) is 0 Å². The largest absolute Gasteiger partial charge is 0.276 e. The van der Waals surface area contributed by atoms with Crippen molar-refractivity contribution in [3.05, 3.63) is 29.8 Å². The smallest absolute Gasteiger partial charge is 0.252 e. The average molecular weight is 233 g/mol. The van der Waals surface area contributed by atoms with Crippen LogP contribution in [-0.4, -0.2) is 19.4 Å². The van der Waals surface area contributed by atoms with Gasteiger partial charge in [-0.3, -0.25) is 4.79 Å². The molecule has 0 heterocycles. The Morgan fingerprint density at radius 1 is 1.43 bits per heavy atom. The van der Waals surface area contributed by atoms with E-state index in [-0.39, 0.29) is 16.2 Å². The Bertz CT molecular complexity index is 451. The van der Waals surface area contributed by atoms with E-state index in [0.717, 1.165) is 0 Å². The fourth-order valence-corrected chi connectivity index (χ4v) is 2.02. The Balaban J connectivity index is 3.26. The van der Waals surface area contributed by atoms with Crippen molar-refractivity contribution in [2.75, 3.05) is 5.75 Å². The second-order valence-corrected chi connectivity index (χ2v) is 5.33. The van der Waals surface area contributed by atoms with Crippen molar-refractivity contribution in [1.29, 1.82) is 0 Å². The van der Waals surface area contributed by atoms with Gasteiger partial charge in [0.25, 0.3) is 5.24 Å². The normalized spacial score (nSPS) is 11.3. The summed E-state index contributed by atoms with van der Waals surface area (Å²) >= 11 is 5.23. The van der Waals surface area contributed by atoms with Crippen molar-refractivity contribution < 1.29 is 13.2 Å². The Hall–Kier alpha value is -0.870. The number of benzene rings is 1. The standard InChI is InChI=1S/C9H9ClO3S/c1-2-14(12,13)8-5-3-4-7(6-8)9(10)11/h3-6H,2H2,1H3. The summed E-state index contributed by atoms with van der Waals surface area (Å²) < 4.78 is 22.8. The molecule has 0 fully saturated rings. The van der Waals surface area contributed by atoms with Gasteiger partial charge < -0.3 is 0 Å². The Kier molecular flexibility index (Phi) is 3.29. The van der Waals surface area contributed by atoms with Crippen LogP contribution in [0.1, 0.15) is 17.3 Å². The van der Waals surface area contributed by atoms with E-state index in [1.165, 1.54) is 24.3 Å². The number of carbonyl (C=O) groups excluding carboxylic acids is 1. The zero-order chi connectivity index (χ0) is 10.8.